The van der Waals surface area contributed by atoms with Gasteiger partial charge in [0.2, 0.25) is 0 Å². The van der Waals surface area contributed by atoms with E-state index in [4.69, 9.17) is 10.2 Å². The first kappa shape index (κ1) is 7.24. The third kappa shape index (κ3) is 1.17. The summed E-state index contributed by atoms with van der Waals surface area (Å²) in [5.41, 5.74) is 0.544. The van der Waals surface area contributed by atoms with Crippen molar-refractivity contribution in [2.45, 2.75) is 13.0 Å². The highest BCUT2D eigenvalue weighted by Crippen LogP contribution is 2.15. The fourth-order valence-corrected chi connectivity index (χ4v) is 0.725. The van der Waals surface area contributed by atoms with Crippen LogP contribution in [-0.2, 0) is 0 Å². The Labute approximate surface area is 58.1 Å². The molecule has 0 saturated carbocycles. The molecule has 0 spiro atoms. The molecular formula is C6H9NO3. The van der Waals surface area contributed by atoms with E-state index in [9.17, 15) is 0 Å². The molecule has 56 valence electrons. The average Bonchev–Trinajstić information content (AvgIpc) is 2.34. The molecule has 2 N–H and O–H groups in total. The SMILES string of the molecule is Cc1oncc1C(O)CO. The summed E-state index contributed by atoms with van der Waals surface area (Å²) in [6.45, 7) is 1.38. The number of hydrogen-bond acceptors (Lipinski definition) is 4. The van der Waals surface area contributed by atoms with Crippen molar-refractivity contribution in [2.24, 2.45) is 0 Å². The van der Waals surface area contributed by atoms with Crippen LogP contribution in [0.3, 0.4) is 0 Å². The number of aromatic nitrogens is 1. The van der Waals surface area contributed by atoms with Gasteiger partial charge in [0.05, 0.1) is 12.8 Å². The molecule has 1 atom stereocenters. The minimum atomic E-state index is -0.869. The van der Waals surface area contributed by atoms with Crippen LogP contribution in [0.2, 0.25) is 0 Å². The number of nitrogens with zero attached hydrogens (tertiary/aromatic N) is 1. The summed E-state index contributed by atoms with van der Waals surface area (Å²) in [4.78, 5) is 0. The second kappa shape index (κ2) is 2.81. The molecule has 0 aliphatic carbocycles. The van der Waals surface area contributed by atoms with Gasteiger partial charge in [0.15, 0.2) is 0 Å². The van der Waals surface area contributed by atoms with E-state index in [1.807, 2.05) is 0 Å². The Morgan fingerprint density at radius 2 is 2.50 bits per heavy atom. The normalized spacial score (nSPS) is 13.5. The fourth-order valence-electron chi connectivity index (χ4n) is 0.725. The first-order valence-corrected chi connectivity index (χ1v) is 2.95. The predicted molar refractivity (Wildman–Crippen MR) is 33.3 cm³/mol. The molecule has 0 aromatic carbocycles. The highest BCUT2D eigenvalue weighted by atomic mass is 16.5. The van der Waals surface area contributed by atoms with Gasteiger partial charge in [-0.05, 0) is 6.92 Å². The third-order valence-corrected chi connectivity index (χ3v) is 1.32. The average molecular weight is 143 g/mol. The first-order valence-electron chi connectivity index (χ1n) is 2.95. The van der Waals surface area contributed by atoms with Crippen LogP contribution < -0.4 is 0 Å². The van der Waals surface area contributed by atoms with Crippen molar-refractivity contribution < 1.29 is 14.7 Å². The van der Waals surface area contributed by atoms with Crippen molar-refractivity contribution in [3.8, 4) is 0 Å². The zero-order valence-electron chi connectivity index (χ0n) is 5.61. The van der Waals surface area contributed by atoms with Gasteiger partial charge < -0.3 is 14.7 Å². The summed E-state index contributed by atoms with van der Waals surface area (Å²) in [5.74, 6) is 0.543. The molecule has 0 saturated heterocycles. The topological polar surface area (TPSA) is 66.5 Å². The van der Waals surface area contributed by atoms with Crippen molar-refractivity contribution in [3.05, 3.63) is 17.5 Å². The van der Waals surface area contributed by atoms with E-state index in [1.165, 1.54) is 6.20 Å². The molecule has 4 nitrogen and oxygen atoms in total. The zero-order valence-corrected chi connectivity index (χ0v) is 5.61. The fraction of sp³-hybridized carbons (Fsp3) is 0.500. The smallest absolute Gasteiger partial charge is 0.139 e. The highest BCUT2D eigenvalue weighted by Gasteiger charge is 2.11. The lowest BCUT2D eigenvalue weighted by molar-refractivity contribution is 0.0944. The van der Waals surface area contributed by atoms with Crippen molar-refractivity contribution in [1.29, 1.82) is 0 Å². The zero-order chi connectivity index (χ0) is 7.56. The van der Waals surface area contributed by atoms with E-state index in [0.717, 1.165) is 0 Å². The number of aliphatic hydroxyl groups excluding tert-OH is 2. The van der Waals surface area contributed by atoms with E-state index in [2.05, 4.69) is 9.68 Å². The molecule has 0 bridgehead atoms. The molecule has 4 heteroatoms. The van der Waals surface area contributed by atoms with Crippen LogP contribution in [-0.4, -0.2) is 22.0 Å². The van der Waals surface area contributed by atoms with Crippen LogP contribution in [0, 0.1) is 6.92 Å². The van der Waals surface area contributed by atoms with Gasteiger partial charge in [0.1, 0.15) is 11.9 Å². The Morgan fingerprint density at radius 1 is 1.80 bits per heavy atom. The molecule has 0 fully saturated rings. The van der Waals surface area contributed by atoms with Gasteiger partial charge in [0, 0.05) is 5.56 Å². The summed E-state index contributed by atoms with van der Waals surface area (Å²) in [6, 6.07) is 0. The van der Waals surface area contributed by atoms with Crippen LogP contribution >= 0.6 is 0 Å². The molecule has 0 amide bonds. The Bertz CT molecular complexity index is 209. The quantitative estimate of drug-likeness (QED) is 0.612. The second-order valence-electron chi connectivity index (χ2n) is 2.04. The van der Waals surface area contributed by atoms with E-state index in [0.29, 0.717) is 11.3 Å². The molecule has 0 aliphatic rings. The molecule has 1 unspecified atom stereocenters. The van der Waals surface area contributed by atoms with Crippen molar-refractivity contribution in [3.63, 3.8) is 0 Å². The number of aliphatic hydroxyl groups is 2. The molecule has 1 rings (SSSR count). The summed E-state index contributed by atoms with van der Waals surface area (Å²) < 4.78 is 4.67. The largest absolute Gasteiger partial charge is 0.393 e. The minimum Gasteiger partial charge on any atom is -0.393 e. The standard InChI is InChI=1S/C6H9NO3/c1-4-5(2-7-10-4)6(9)3-8/h2,6,8-9H,3H2,1H3. The number of aryl methyl sites for hydroxylation is 1. The maximum absolute atomic E-state index is 9.05. The minimum absolute atomic E-state index is 0.304. The Balaban J connectivity index is 2.82. The van der Waals surface area contributed by atoms with Crippen molar-refractivity contribution in [1.82, 2.24) is 5.16 Å². The maximum atomic E-state index is 9.05. The summed E-state index contributed by atoms with van der Waals surface area (Å²) >= 11 is 0. The molecule has 1 aromatic heterocycles. The lowest BCUT2D eigenvalue weighted by Crippen LogP contribution is -2.01. The van der Waals surface area contributed by atoms with E-state index < -0.39 is 6.10 Å². The maximum Gasteiger partial charge on any atom is 0.139 e. The highest BCUT2D eigenvalue weighted by molar-refractivity contribution is 5.14. The van der Waals surface area contributed by atoms with Gasteiger partial charge in [0.25, 0.3) is 0 Å². The van der Waals surface area contributed by atoms with Crippen molar-refractivity contribution >= 4 is 0 Å². The Hall–Kier alpha value is -0.870. The summed E-state index contributed by atoms with van der Waals surface area (Å²) in [5, 5.41) is 21.0. The monoisotopic (exact) mass is 143 g/mol. The molecule has 0 aliphatic heterocycles. The van der Waals surface area contributed by atoms with E-state index in [1.54, 1.807) is 6.92 Å². The molecular weight excluding hydrogens is 134 g/mol. The Kier molecular flexibility index (Phi) is 2.03. The molecule has 0 radical (unpaired) electrons. The Morgan fingerprint density at radius 3 is 2.90 bits per heavy atom. The van der Waals surface area contributed by atoms with E-state index >= 15 is 0 Å². The van der Waals surface area contributed by atoms with Gasteiger partial charge in [-0.1, -0.05) is 5.16 Å². The predicted octanol–water partition coefficient (Wildman–Crippen LogP) is 0.00872. The second-order valence-corrected chi connectivity index (χ2v) is 2.04. The van der Waals surface area contributed by atoms with Gasteiger partial charge in [-0.25, -0.2) is 0 Å². The van der Waals surface area contributed by atoms with Gasteiger partial charge in [-0.15, -0.1) is 0 Å². The first-order chi connectivity index (χ1) is 4.75. The van der Waals surface area contributed by atoms with Crippen molar-refractivity contribution in [2.75, 3.05) is 6.61 Å². The van der Waals surface area contributed by atoms with E-state index in [-0.39, 0.29) is 6.61 Å². The summed E-state index contributed by atoms with van der Waals surface area (Å²) in [7, 11) is 0. The van der Waals surface area contributed by atoms with Crippen LogP contribution in [0.25, 0.3) is 0 Å². The van der Waals surface area contributed by atoms with Gasteiger partial charge in [-0.3, -0.25) is 0 Å². The van der Waals surface area contributed by atoms with Crippen LogP contribution in [0.4, 0.5) is 0 Å². The van der Waals surface area contributed by atoms with Crippen LogP contribution in [0.15, 0.2) is 10.7 Å². The summed E-state index contributed by atoms with van der Waals surface area (Å²) in [6.07, 6.45) is 0.530. The molecule has 1 aromatic rings. The van der Waals surface area contributed by atoms with Gasteiger partial charge in [-0.2, -0.15) is 0 Å². The molecule has 1 heterocycles. The number of rotatable bonds is 2. The van der Waals surface area contributed by atoms with Gasteiger partial charge >= 0.3 is 0 Å². The molecule has 10 heavy (non-hydrogen) atoms. The number of hydrogen-bond donors (Lipinski definition) is 2. The lowest BCUT2D eigenvalue weighted by Gasteiger charge is -2.01. The van der Waals surface area contributed by atoms with Crippen LogP contribution in [0.1, 0.15) is 17.4 Å². The third-order valence-electron chi connectivity index (χ3n) is 1.32. The van der Waals surface area contributed by atoms with Crippen LogP contribution in [0.5, 0.6) is 0 Å². The lowest BCUT2D eigenvalue weighted by atomic mass is 10.2.